The molecule has 1 amide bonds. The van der Waals surface area contributed by atoms with E-state index in [0.717, 1.165) is 38.9 Å². The number of nitrogens with zero attached hydrogens (tertiary/aromatic N) is 1. The van der Waals surface area contributed by atoms with E-state index in [1.54, 1.807) is 12.1 Å². The molecule has 32 heavy (non-hydrogen) atoms. The fourth-order valence-electron chi connectivity index (χ4n) is 4.70. The maximum Gasteiger partial charge on any atom is 0.250 e. The molecule has 1 unspecified atom stereocenters. The standard InChI is InChI=1S/C27H21FN2O2/c1-27(2)25(31)29-30-22-10-6-4-8-20(22)24-19-13-11-16(18-7-3-5-9-21(18)28)15-17(19)12-14-23(24)32-26(27)30/h3-15,26H,1-2H3,(H,29,31). The number of rotatable bonds is 1. The number of halogens is 1. The minimum atomic E-state index is -0.724. The van der Waals surface area contributed by atoms with E-state index in [2.05, 4.69) is 5.43 Å². The third-order valence-electron chi connectivity index (χ3n) is 6.50. The van der Waals surface area contributed by atoms with Gasteiger partial charge >= 0.3 is 0 Å². The lowest BCUT2D eigenvalue weighted by Gasteiger charge is -2.29. The van der Waals surface area contributed by atoms with E-state index in [1.165, 1.54) is 6.07 Å². The SMILES string of the molecule is CC1(C)C(=O)NN2c3ccccc3-c3c(ccc4cc(-c5ccccc5F)ccc34)OC21. The van der Waals surface area contributed by atoms with E-state index in [9.17, 15) is 9.18 Å². The van der Waals surface area contributed by atoms with Crippen molar-refractivity contribution >= 4 is 22.4 Å². The molecular weight excluding hydrogens is 403 g/mol. The van der Waals surface area contributed by atoms with Crippen LogP contribution < -0.4 is 15.2 Å². The van der Waals surface area contributed by atoms with Crippen LogP contribution in [0.5, 0.6) is 5.75 Å². The molecule has 0 bridgehead atoms. The second-order valence-electron chi connectivity index (χ2n) is 8.87. The molecular formula is C27H21FN2O2. The molecule has 0 aliphatic carbocycles. The van der Waals surface area contributed by atoms with E-state index in [4.69, 9.17) is 4.74 Å². The summed E-state index contributed by atoms with van der Waals surface area (Å²) in [5.74, 6) is 0.408. The van der Waals surface area contributed by atoms with Gasteiger partial charge in [-0.2, -0.15) is 0 Å². The van der Waals surface area contributed by atoms with Crippen molar-refractivity contribution in [3.8, 4) is 28.0 Å². The molecule has 0 spiro atoms. The number of hydrazine groups is 1. The Morgan fingerprint density at radius 2 is 1.69 bits per heavy atom. The van der Waals surface area contributed by atoms with Gasteiger partial charge in [-0.15, -0.1) is 0 Å². The van der Waals surface area contributed by atoms with Gasteiger partial charge in [-0.05, 0) is 54.4 Å². The zero-order valence-corrected chi connectivity index (χ0v) is 17.7. The van der Waals surface area contributed by atoms with Gasteiger partial charge in [0.1, 0.15) is 17.0 Å². The van der Waals surface area contributed by atoms with Crippen molar-refractivity contribution in [3.63, 3.8) is 0 Å². The number of carbonyl (C=O) groups excluding carboxylic acids is 1. The Bertz CT molecular complexity index is 1410. The molecule has 6 rings (SSSR count). The number of benzene rings is 4. The van der Waals surface area contributed by atoms with Crippen molar-refractivity contribution in [3.05, 3.63) is 84.7 Å². The van der Waals surface area contributed by atoms with Crippen LogP contribution in [0.1, 0.15) is 13.8 Å². The highest BCUT2D eigenvalue weighted by molar-refractivity contribution is 6.05. The van der Waals surface area contributed by atoms with Crippen molar-refractivity contribution in [2.45, 2.75) is 20.1 Å². The van der Waals surface area contributed by atoms with Gasteiger partial charge in [-0.25, -0.2) is 9.40 Å². The molecule has 1 atom stereocenters. The molecule has 1 fully saturated rings. The summed E-state index contributed by atoms with van der Waals surface area (Å²) in [6, 6.07) is 24.7. The number of hydrogen-bond donors (Lipinski definition) is 1. The second kappa shape index (κ2) is 6.57. The van der Waals surface area contributed by atoms with E-state index < -0.39 is 11.6 Å². The molecule has 158 valence electrons. The zero-order chi connectivity index (χ0) is 22.0. The highest BCUT2D eigenvalue weighted by atomic mass is 19.1. The number of fused-ring (bicyclic) bond motifs is 7. The fraction of sp³-hybridized carbons (Fsp3) is 0.148. The van der Waals surface area contributed by atoms with Gasteiger partial charge < -0.3 is 4.74 Å². The van der Waals surface area contributed by atoms with Gasteiger partial charge in [0.15, 0.2) is 0 Å². The third-order valence-corrected chi connectivity index (χ3v) is 6.50. The Kier molecular flexibility index (Phi) is 3.87. The first kappa shape index (κ1) is 18.9. The van der Waals surface area contributed by atoms with E-state index in [0.29, 0.717) is 5.56 Å². The molecule has 4 aromatic carbocycles. The lowest BCUT2D eigenvalue weighted by atomic mass is 9.91. The Hall–Kier alpha value is -3.86. The predicted octanol–water partition coefficient (Wildman–Crippen LogP) is 5.91. The summed E-state index contributed by atoms with van der Waals surface area (Å²) in [5, 5.41) is 3.84. The molecule has 1 N–H and O–H groups in total. The van der Waals surface area contributed by atoms with E-state index in [-0.39, 0.29) is 11.7 Å². The van der Waals surface area contributed by atoms with Gasteiger partial charge in [0.25, 0.3) is 0 Å². The largest absolute Gasteiger partial charge is 0.467 e. The van der Waals surface area contributed by atoms with Crippen LogP contribution in [0.25, 0.3) is 33.0 Å². The maximum atomic E-state index is 14.4. The topological polar surface area (TPSA) is 41.6 Å². The number of carbonyl (C=O) groups is 1. The summed E-state index contributed by atoms with van der Waals surface area (Å²) >= 11 is 0. The summed E-state index contributed by atoms with van der Waals surface area (Å²) in [5.41, 5.74) is 6.51. The third kappa shape index (κ3) is 2.57. The first-order valence-electron chi connectivity index (χ1n) is 10.6. The van der Waals surface area contributed by atoms with Crippen LogP contribution in [0.2, 0.25) is 0 Å². The van der Waals surface area contributed by atoms with Crippen molar-refractivity contribution in [2.75, 3.05) is 5.01 Å². The Labute approximate surface area is 185 Å². The molecule has 5 heteroatoms. The van der Waals surface area contributed by atoms with Crippen LogP contribution in [-0.2, 0) is 4.79 Å². The molecule has 2 aliphatic heterocycles. The second-order valence-corrected chi connectivity index (χ2v) is 8.87. The number of ether oxygens (including phenoxy) is 1. The summed E-state index contributed by atoms with van der Waals surface area (Å²) in [6.45, 7) is 3.78. The summed E-state index contributed by atoms with van der Waals surface area (Å²) in [6.07, 6.45) is -0.479. The minimum Gasteiger partial charge on any atom is -0.467 e. The minimum absolute atomic E-state index is 0.0731. The Balaban J connectivity index is 1.59. The monoisotopic (exact) mass is 424 g/mol. The van der Waals surface area contributed by atoms with Crippen molar-refractivity contribution < 1.29 is 13.9 Å². The van der Waals surface area contributed by atoms with Gasteiger partial charge in [0, 0.05) is 16.7 Å². The van der Waals surface area contributed by atoms with Crippen LogP contribution in [0.3, 0.4) is 0 Å². The predicted molar refractivity (Wildman–Crippen MR) is 124 cm³/mol. The van der Waals surface area contributed by atoms with Crippen LogP contribution >= 0.6 is 0 Å². The molecule has 0 saturated carbocycles. The summed E-state index contributed by atoms with van der Waals surface area (Å²) in [7, 11) is 0. The number of anilines is 1. The molecule has 1 saturated heterocycles. The van der Waals surface area contributed by atoms with Gasteiger partial charge in [-0.1, -0.05) is 54.6 Å². The van der Waals surface area contributed by atoms with Crippen molar-refractivity contribution in [1.82, 2.24) is 5.43 Å². The van der Waals surface area contributed by atoms with Gasteiger partial charge in [0.05, 0.1) is 5.69 Å². The fourth-order valence-corrected chi connectivity index (χ4v) is 4.70. The molecule has 2 heterocycles. The van der Waals surface area contributed by atoms with Crippen molar-refractivity contribution in [1.29, 1.82) is 0 Å². The number of para-hydroxylation sites is 1. The zero-order valence-electron chi connectivity index (χ0n) is 17.7. The quantitative estimate of drug-likeness (QED) is 0.413. The smallest absolute Gasteiger partial charge is 0.250 e. The van der Waals surface area contributed by atoms with Gasteiger partial charge in [-0.3, -0.25) is 10.2 Å². The molecule has 2 aliphatic rings. The van der Waals surface area contributed by atoms with Crippen molar-refractivity contribution in [2.24, 2.45) is 5.41 Å². The highest BCUT2D eigenvalue weighted by Crippen LogP contribution is 2.48. The lowest BCUT2D eigenvalue weighted by Crippen LogP contribution is -2.43. The van der Waals surface area contributed by atoms with Gasteiger partial charge in [0.2, 0.25) is 12.1 Å². The number of nitrogens with one attached hydrogen (secondary N) is 1. The Morgan fingerprint density at radius 3 is 2.50 bits per heavy atom. The summed E-state index contributed by atoms with van der Waals surface area (Å²) < 4.78 is 20.8. The van der Waals surface area contributed by atoms with E-state index in [1.807, 2.05) is 79.5 Å². The number of hydrogen-bond acceptors (Lipinski definition) is 3. The lowest BCUT2D eigenvalue weighted by molar-refractivity contribution is -0.128. The summed E-state index contributed by atoms with van der Waals surface area (Å²) in [4.78, 5) is 12.6. The molecule has 4 nitrogen and oxygen atoms in total. The average Bonchev–Trinajstić information content (AvgIpc) is 2.93. The average molecular weight is 424 g/mol. The van der Waals surface area contributed by atoms with E-state index >= 15 is 0 Å². The molecule has 4 aromatic rings. The molecule has 0 aromatic heterocycles. The first-order valence-corrected chi connectivity index (χ1v) is 10.6. The highest BCUT2D eigenvalue weighted by Gasteiger charge is 2.51. The molecule has 0 radical (unpaired) electrons. The maximum absolute atomic E-state index is 14.4. The van der Waals surface area contributed by atoms with Crippen LogP contribution in [-0.4, -0.2) is 12.1 Å². The normalized spacial score (nSPS) is 18.3. The van der Waals surface area contributed by atoms with Crippen LogP contribution in [0.15, 0.2) is 78.9 Å². The van der Waals surface area contributed by atoms with Crippen LogP contribution in [0, 0.1) is 11.2 Å². The first-order chi connectivity index (χ1) is 15.4. The number of amides is 1. The van der Waals surface area contributed by atoms with Crippen LogP contribution in [0.4, 0.5) is 10.1 Å². The Morgan fingerprint density at radius 1 is 0.938 bits per heavy atom.